The molecule has 114 valence electrons. The van der Waals surface area contributed by atoms with Crippen LogP contribution in [0.5, 0.6) is 0 Å². The van der Waals surface area contributed by atoms with Gasteiger partial charge in [-0.15, -0.1) is 0 Å². The number of hydrogen-bond acceptors (Lipinski definition) is 4. The SMILES string of the molecule is CCC(C)c1cc(C(=O)NCC(CC)(CC)CO)on1. The first-order valence-electron chi connectivity index (χ1n) is 7.37. The van der Waals surface area contributed by atoms with E-state index in [0.717, 1.165) is 25.0 Å². The second-order valence-electron chi connectivity index (χ2n) is 5.47. The topological polar surface area (TPSA) is 75.4 Å². The Morgan fingerprint density at radius 3 is 2.60 bits per heavy atom. The van der Waals surface area contributed by atoms with Crippen LogP contribution < -0.4 is 5.32 Å². The minimum atomic E-state index is -0.272. The van der Waals surface area contributed by atoms with E-state index in [0.29, 0.717) is 6.54 Å². The van der Waals surface area contributed by atoms with Crippen molar-refractivity contribution in [1.29, 1.82) is 0 Å². The van der Waals surface area contributed by atoms with Crippen molar-refractivity contribution in [3.8, 4) is 0 Å². The highest BCUT2D eigenvalue weighted by Gasteiger charge is 2.26. The number of aliphatic hydroxyl groups excluding tert-OH is 1. The average molecular weight is 282 g/mol. The minimum absolute atomic E-state index is 0.0643. The van der Waals surface area contributed by atoms with Gasteiger partial charge in [-0.3, -0.25) is 4.79 Å². The molecule has 1 amide bonds. The maximum absolute atomic E-state index is 12.0. The number of nitrogens with one attached hydrogen (secondary N) is 1. The quantitative estimate of drug-likeness (QED) is 0.768. The molecule has 0 fully saturated rings. The molecule has 0 radical (unpaired) electrons. The van der Waals surface area contributed by atoms with Crippen molar-refractivity contribution in [3.63, 3.8) is 0 Å². The molecule has 0 aromatic carbocycles. The fourth-order valence-corrected chi connectivity index (χ4v) is 1.97. The molecule has 0 bridgehead atoms. The number of amides is 1. The van der Waals surface area contributed by atoms with E-state index in [1.54, 1.807) is 6.07 Å². The maximum Gasteiger partial charge on any atom is 0.289 e. The molecule has 20 heavy (non-hydrogen) atoms. The van der Waals surface area contributed by atoms with Crippen molar-refractivity contribution < 1.29 is 14.4 Å². The number of carbonyl (C=O) groups is 1. The molecule has 0 spiro atoms. The van der Waals surface area contributed by atoms with Crippen LogP contribution in [-0.4, -0.2) is 29.3 Å². The van der Waals surface area contributed by atoms with Crippen LogP contribution in [-0.2, 0) is 0 Å². The third-order valence-corrected chi connectivity index (χ3v) is 4.33. The lowest BCUT2D eigenvalue weighted by Gasteiger charge is -2.29. The van der Waals surface area contributed by atoms with Crippen LogP contribution in [0, 0.1) is 5.41 Å². The lowest BCUT2D eigenvalue weighted by Crippen LogP contribution is -2.39. The minimum Gasteiger partial charge on any atom is -0.396 e. The lowest BCUT2D eigenvalue weighted by atomic mass is 9.83. The number of nitrogens with zero attached hydrogens (tertiary/aromatic N) is 1. The van der Waals surface area contributed by atoms with E-state index in [2.05, 4.69) is 17.4 Å². The van der Waals surface area contributed by atoms with Crippen LogP contribution >= 0.6 is 0 Å². The van der Waals surface area contributed by atoms with Gasteiger partial charge in [0.15, 0.2) is 0 Å². The summed E-state index contributed by atoms with van der Waals surface area (Å²) in [5, 5.41) is 16.2. The van der Waals surface area contributed by atoms with Crippen molar-refractivity contribution in [2.24, 2.45) is 5.41 Å². The third kappa shape index (κ3) is 3.82. The van der Waals surface area contributed by atoms with Gasteiger partial charge in [0.05, 0.1) is 12.3 Å². The Hall–Kier alpha value is -1.36. The zero-order valence-electron chi connectivity index (χ0n) is 12.9. The van der Waals surface area contributed by atoms with Gasteiger partial charge in [-0.1, -0.05) is 32.9 Å². The summed E-state index contributed by atoms with van der Waals surface area (Å²) in [7, 11) is 0. The lowest BCUT2D eigenvalue weighted by molar-refractivity contribution is 0.0819. The van der Waals surface area contributed by atoms with Crippen molar-refractivity contribution >= 4 is 5.91 Å². The summed E-state index contributed by atoms with van der Waals surface area (Å²) >= 11 is 0. The summed E-state index contributed by atoms with van der Waals surface area (Å²) in [5.74, 6) is 0.245. The fraction of sp³-hybridized carbons (Fsp3) is 0.733. The van der Waals surface area contributed by atoms with Gasteiger partial charge in [-0.25, -0.2) is 0 Å². The molecular formula is C15H26N2O3. The Morgan fingerprint density at radius 1 is 1.45 bits per heavy atom. The summed E-state index contributed by atoms with van der Waals surface area (Å²) in [6, 6.07) is 1.70. The molecule has 5 heteroatoms. The second kappa shape index (κ2) is 7.43. The van der Waals surface area contributed by atoms with E-state index in [9.17, 15) is 9.90 Å². The second-order valence-corrected chi connectivity index (χ2v) is 5.47. The summed E-state index contributed by atoms with van der Waals surface area (Å²) in [4.78, 5) is 12.0. The zero-order chi connectivity index (χ0) is 15.2. The highest BCUT2D eigenvalue weighted by Crippen LogP contribution is 2.24. The van der Waals surface area contributed by atoms with Gasteiger partial charge in [-0.05, 0) is 19.3 Å². The van der Waals surface area contributed by atoms with E-state index in [1.165, 1.54) is 0 Å². The fourth-order valence-electron chi connectivity index (χ4n) is 1.97. The van der Waals surface area contributed by atoms with Crippen molar-refractivity contribution in [2.45, 2.75) is 52.9 Å². The van der Waals surface area contributed by atoms with E-state index < -0.39 is 0 Å². The van der Waals surface area contributed by atoms with Crippen LogP contribution in [0.25, 0.3) is 0 Å². The molecule has 0 aliphatic heterocycles. The highest BCUT2D eigenvalue weighted by atomic mass is 16.5. The molecule has 0 aliphatic carbocycles. The first-order valence-corrected chi connectivity index (χ1v) is 7.37. The predicted octanol–water partition coefficient (Wildman–Crippen LogP) is 2.72. The number of aliphatic hydroxyl groups is 1. The summed E-state index contributed by atoms with van der Waals surface area (Å²) in [6.07, 6.45) is 2.58. The Morgan fingerprint density at radius 2 is 2.10 bits per heavy atom. The molecule has 0 aliphatic rings. The van der Waals surface area contributed by atoms with Gasteiger partial charge >= 0.3 is 0 Å². The molecule has 5 nitrogen and oxygen atoms in total. The predicted molar refractivity (Wildman–Crippen MR) is 77.6 cm³/mol. The van der Waals surface area contributed by atoms with Crippen LogP contribution in [0.15, 0.2) is 10.6 Å². The number of aromatic nitrogens is 1. The smallest absolute Gasteiger partial charge is 0.289 e. The first-order chi connectivity index (χ1) is 9.51. The van der Waals surface area contributed by atoms with Crippen LogP contribution in [0.2, 0.25) is 0 Å². The van der Waals surface area contributed by atoms with Crippen LogP contribution in [0.4, 0.5) is 0 Å². The van der Waals surface area contributed by atoms with E-state index >= 15 is 0 Å². The Bertz CT molecular complexity index is 416. The third-order valence-electron chi connectivity index (χ3n) is 4.33. The summed E-state index contributed by atoms with van der Waals surface area (Å²) < 4.78 is 5.09. The Kier molecular flexibility index (Phi) is 6.20. The zero-order valence-corrected chi connectivity index (χ0v) is 12.9. The van der Waals surface area contributed by atoms with E-state index in [1.807, 2.05) is 20.8 Å². The molecule has 1 aromatic heterocycles. The molecule has 1 heterocycles. The van der Waals surface area contributed by atoms with Crippen molar-refractivity contribution in [3.05, 3.63) is 17.5 Å². The molecule has 1 unspecified atom stereocenters. The maximum atomic E-state index is 12.0. The molecule has 0 saturated heterocycles. The molecule has 1 aromatic rings. The van der Waals surface area contributed by atoms with E-state index in [4.69, 9.17) is 4.52 Å². The Labute approximate surface area is 120 Å². The average Bonchev–Trinajstić information content (AvgIpc) is 2.98. The van der Waals surface area contributed by atoms with Gasteiger partial charge < -0.3 is 14.9 Å². The standard InChI is InChI=1S/C15H26N2O3/c1-5-11(4)12-8-13(20-17-12)14(19)16-9-15(6-2,7-3)10-18/h8,11,18H,5-7,9-10H2,1-4H3,(H,16,19). The summed E-state index contributed by atoms with van der Waals surface area (Å²) in [6.45, 7) is 8.65. The monoisotopic (exact) mass is 282 g/mol. The van der Waals surface area contributed by atoms with Crippen LogP contribution in [0.3, 0.4) is 0 Å². The first kappa shape index (κ1) is 16.7. The highest BCUT2D eigenvalue weighted by molar-refractivity contribution is 5.91. The largest absolute Gasteiger partial charge is 0.396 e. The van der Waals surface area contributed by atoms with Crippen molar-refractivity contribution in [1.82, 2.24) is 10.5 Å². The van der Waals surface area contributed by atoms with E-state index in [-0.39, 0.29) is 29.6 Å². The van der Waals surface area contributed by atoms with Gasteiger partial charge in [0.1, 0.15) is 0 Å². The molecule has 2 N–H and O–H groups in total. The van der Waals surface area contributed by atoms with Gasteiger partial charge in [0, 0.05) is 23.9 Å². The number of carbonyl (C=O) groups excluding carboxylic acids is 1. The number of rotatable bonds is 8. The van der Waals surface area contributed by atoms with Crippen LogP contribution in [0.1, 0.15) is 69.1 Å². The molecular weight excluding hydrogens is 256 g/mol. The molecule has 0 saturated carbocycles. The summed E-state index contributed by atoms with van der Waals surface area (Å²) in [5.41, 5.74) is 0.548. The van der Waals surface area contributed by atoms with Gasteiger partial charge in [0.25, 0.3) is 5.91 Å². The van der Waals surface area contributed by atoms with Gasteiger partial charge in [-0.2, -0.15) is 0 Å². The normalized spacial score (nSPS) is 13.2. The molecule has 1 atom stereocenters. The Balaban J connectivity index is 2.65. The van der Waals surface area contributed by atoms with Crippen molar-refractivity contribution in [2.75, 3.05) is 13.2 Å². The number of hydrogen-bond donors (Lipinski definition) is 2. The van der Waals surface area contributed by atoms with Gasteiger partial charge in [0.2, 0.25) is 5.76 Å². The molecule has 1 rings (SSSR count).